The van der Waals surface area contributed by atoms with Gasteiger partial charge in [0.1, 0.15) is 0 Å². The molecule has 1 N–H and O–H groups in total. The van der Waals surface area contributed by atoms with Crippen molar-refractivity contribution < 1.29 is 4.90 Å². The van der Waals surface area contributed by atoms with Gasteiger partial charge < -0.3 is 4.90 Å². The zero-order valence-electron chi connectivity index (χ0n) is 14.7. The lowest BCUT2D eigenvalue weighted by Crippen LogP contribution is -3.13. The molecule has 0 aliphatic carbocycles. The van der Waals surface area contributed by atoms with E-state index in [2.05, 4.69) is 20.8 Å². The van der Waals surface area contributed by atoms with Crippen LogP contribution < -0.4 is 4.90 Å². The molecule has 1 unspecified atom stereocenters. The first-order valence-corrected chi connectivity index (χ1v) is 8.59. The average molecular weight is 313 g/mol. The third-order valence-corrected chi connectivity index (χ3v) is 4.39. The van der Waals surface area contributed by atoms with Crippen molar-refractivity contribution in [2.24, 2.45) is 5.92 Å². The Bertz CT molecular complexity index is 436. The summed E-state index contributed by atoms with van der Waals surface area (Å²) in [6.45, 7) is 9.97. The lowest BCUT2D eigenvalue weighted by atomic mass is 9.30. The Morgan fingerprint density at radius 2 is 1.26 bits per heavy atom. The fraction of sp³-hybridized carbons (Fsp3) is 0.765. The molecule has 0 aromatic carbocycles. The molecule has 1 fully saturated rings. The second kappa shape index (κ2) is 11.5. The van der Waals surface area contributed by atoms with Crippen molar-refractivity contribution in [1.29, 1.82) is 21.0 Å². The smallest absolute Gasteiger partial charge is 0.333 e. The molecule has 0 radical (unpaired) electrons. The highest BCUT2D eigenvalue weighted by molar-refractivity contribution is 7.05. The van der Waals surface area contributed by atoms with E-state index in [0.29, 0.717) is 0 Å². The van der Waals surface area contributed by atoms with E-state index in [4.69, 9.17) is 21.0 Å². The average Bonchev–Trinajstić information content (AvgIpc) is 3.09. The lowest BCUT2D eigenvalue weighted by molar-refractivity contribution is -0.911. The van der Waals surface area contributed by atoms with Crippen LogP contribution in [0, 0.1) is 50.8 Å². The molecule has 6 heteroatoms. The maximum absolute atomic E-state index is 8.09. The summed E-state index contributed by atoms with van der Waals surface area (Å²) in [5, 5.41) is 32.3. The monoisotopic (exact) mass is 313 g/mol. The molecule has 23 heavy (non-hydrogen) atoms. The zero-order valence-corrected chi connectivity index (χ0v) is 14.7. The summed E-state index contributed by atoms with van der Waals surface area (Å²) in [4.78, 5) is 1.87. The van der Waals surface area contributed by atoms with Gasteiger partial charge in [-0.15, -0.1) is 23.9 Å². The number of nitrogens with zero attached hydrogens (tertiary/aromatic N) is 4. The predicted molar refractivity (Wildman–Crippen MR) is 90.9 cm³/mol. The number of nitriles is 4. The summed E-state index contributed by atoms with van der Waals surface area (Å²) in [7, 11) is 0. The number of rotatable bonds is 6. The van der Waals surface area contributed by atoms with Gasteiger partial charge in [-0.2, -0.15) is 0 Å². The quantitative estimate of drug-likeness (QED) is 0.598. The Kier molecular flexibility index (Phi) is 10.5. The van der Waals surface area contributed by atoms with Gasteiger partial charge in [0.15, 0.2) is 0 Å². The van der Waals surface area contributed by atoms with Crippen LogP contribution in [-0.4, -0.2) is 25.3 Å². The van der Waals surface area contributed by atoms with Crippen molar-refractivity contribution in [3.63, 3.8) is 0 Å². The highest BCUT2D eigenvalue weighted by Crippen LogP contribution is 2.09. The Hall–Kier alpha value is -2.02. The molecule has 1 atom stereocenters. The Balaban J connectivity index is 0.000000468. The largest absolute Gasteiger partial charge is 0.383 e. The number of hydrogen-bond donors (Lipinski definition) is 1. The molecule has 1 aliphatic rings. The number of unbranched alkanes of at least 4 members (excludes halogenated alkanes) is 1. The molecule has 0 aromatic rings. The molecule has 5 nitrogen and oxygen atoms in total. The maximum atomic E-state index is 8.09. The third-order valence-electron chi connectivity index (χ3n) is 4.39. The van der Waals surface area contributed by atoms with Gasteiger partial charge in [0.05, 0.1) is 19.1 Å². The summed E-state index contributed by atoms with van der Waals surface area (Å²) in [6.07, 6.45) is 5.96. The van der Waals surface area contributed by atoms with Gasteiger partial charge in [-0.25, -0.2) is 21.0 Å². The Morgan fingerprint density at radius 1 is 0.826 bits per heavy atom. The van der Waals surface area contributed by atoms with Crippen LogP contribution in [0.25, 0.3) is 0 Å². The van der Waals surface area contributed by atoms with Crippen LogP contribution in [0.2, 0.25) is 0 Å². The van der Waals surface area contributed by atoms with Crippen LogP contribution >= 0.6 is 0 Å². The fourth-order valence-corrected chi connectivity index (χ4v) is 2.70. The highest BCUT2D eigenvalue weighted by Gasteiger charge is 2.22. The van der Waals surface area contributed by atoms with E-state index in [-0.39, 0.29) is 0 Å². The number of hydrogen-bond acceptors (Lipinski definition) is 4. The second-order valence-electron chi connectivity index (χ2n) is 6.83. The van der Waals surface area contributed by atoms with Crippen LogP contribution in [0.1, 0.15) is 59.3 Å². The van der Waals surface area contributed by atoms with E-state index in [9.17, 15) is 0 Å². The lowest BCUT2D eigenvalue weighted by Gasteiger charge is -2.20. The third kappa shape index (κ3) is 8.25. The van der Waals surface area contributed by atoms with Gasteiger partial charge in [-0.1, -0.05) is 26.7 Å². The molecule has 1 saturated heterocycles. The van der Waals surface area contributed by atoms with Gasteiger partial charge in [0, 0.05) is 12.8 Å². The SMILES string of the molecule is CC(C)CCCCC(C)[NH+]1CCCC1.N#C[B-](C#N)(C#N)C#N. The first-order chi connectivity index (χ1) is 10.9. The normalized spacial score (nSPS) is 15.5. The topological polar surface area (TPSA) is 99.6 Å². The Morgan fingerprint density at radius 3 is 1.61 bits per heavy atom. The zero-order chi connectivity index (χ0) is 17.7. The number of nitrogens with one attached hydrogen (secondary N) is 1. The van der Waals surface area contributed by atoms with Crippen molar-refractivity contribution in [3.05, 3.63) is 0 Å². The molecule has 0 spiro atoms. The summed E-state index contributed by atoms with van der Waals surface area (Å²) in [5.41, 5.74) is 0. The fourth-order valence-electron chi connectivity index (χ4n) is 2.70. The van der Waals surface area contributed by atoms with Crippen LogP contribution in [0.4, 0.5) is 0 Å². The van der Waals surface area contributed by atoms with Crippen LogP contribution in [0.15, 0.2) is 0 Å². The minimum absolute atomic E-state index is 0.893. The van der Waals surface area contributed by atoms with E-state index in [1.165, 1.54) is 75.5 Å². The van der Waals surface area contributed by atoms with Gasteiger partial charge in [-0.05, 0) is 25.7 Å². The molecule has 1 heterocycles. The summed E-state index contributed by atoms with van der Waals surface area (Å²) >= 11 is 0. The van der Waals surface area contributed by atoms with E-state index >= 15 is 0 Å². The second-order valence-corrected chi connectivity index (χ2v) is 6.83. The summed E-state index contributed by atoms with van der Waals surface area (Å²) in [5.74, 6) is 6.27. The minimum Gasteiger partial charge on any atom is -0.333 e. The van der Waals surface area contributed by atoms with E-state index in [1.807, 2.05) is 4.90 Å². The maximum Gasteiger partial charge on any atom is 0.383 e. The van der Waals surface area contributed by atoms with Crippen molar-refractivity contribution in [1.82, 2.24) is 0 Å². The van der Waals surface area contributed by atoms with Crippen LogP contribution in [0.3, 0.4) is 0 Å². The van der Waals surface area contributed by atoms with Crippen LogP contribution in [-0.2, 0) is 0 Å². The van der Waals surface area contributed by atoms with Gasteiger partial charge >= 0.3 is 6.15 Å². The minimum atomic E-state index is -2.72. The molecule has 0 aromatic heterocycles. The first kappa shape index (κ1) is 21.0. The van der Waals surface area contributed by atoms with Crippen molar-refractivity contribution in [3.8, 4) is 23.9 Å². The number of quaternary nitrogens is 1. The molecule has 0 amide bonds. The van der Waals surface area contributed by atoms with Crippen molar-refractivity contribution in [2.75, 3.05) is 13.1 Å². The van der Waals surface area contributed by atoms with E-state index in [0.717, 1.165) is 12.0 Å². The van der Waals surface area contributed by atoms with E-state index < -0.39 is 6.15 Å². The van der Waals surface area contributed by atoms with Crippen LogP contribution in [0.5, 0.6) is 0 Å². The molecule has 0 saturated carbocycles. The first-order valence-electron chi connectivity index (χ1n) is 8.59. The standard InChI is InChI=1S/C13H27N.C4BN4/c1-12(2)8-4-5-9-13(3)14-10-6-7-11-14;6-1-5(2-7,3-8)4-9/h12-13H,4-11H2,1-3H3;/q;-1/p+1. The highest BCUT2D eigenvalue weighted by atomic mass is 15.2. The van der Waals surface area contributed by atoms with Gasteiger partial charge in [-0.3, -0.25) is 0 Å². The van der Waals surface area contributed by atoms with E-state index in [1.54, 1.807) is 0 Å². The molecular formula is C17H28BN5. The molecular weight excluding hydrogens is 285 g/mol. The predicted octanol–water partition coefficient (Wildman–Crippen LogP) is 1.96. The Labute approximate surface area is 141 Å². The molecule has 124 valence electrons. The molecule has 1 rings (SSSR count). The van der Waals surface area contributed by atoms with Crippen molar-refractivity contribution in [2.45, 2.75) is 65.3 Å². The summed E-state index contributed by atoms with van der Waals surface area (Å²) < 4.78 is 0. The summed E-state index contributed by atoms with van der Waals surface area (Å²) in [6, 6.07) is 0.921. The molecule has 1 aliphatic heterocycles. The van der Waals surface area contributed by atoms with Gasteiger partial charge in [0.25, 0.3) is 0 Å². The number of likely N-dealkylation sites (tertiary alicyclic amines) is 1. The van der Waals surface area contributed by atoms with Gasteiger partial charge in [0.2, 0.25) is 0 Å². The molecule has 0 bridgehead atoms. The van der Waals surface area contributed by atoms with Crippen molar-refractivity contribution >= 4 is 6.15 Å².